The third kappa shape index (κ3) is 42.3. The molecule has 0 aromatic rings. The van der Waals surface area contributed by atoms with Crippen LogP contribution in [-0.2, 0) is 4.79 Å². The molecule has 0 saturated carbocycles. The average Bonchev–Trinajstić information content (AvgIpc) is 3.18. The van der Waals surface area contributed by atoms with E-state index in [1.807, 2.05) is 6.08 Å². The van der Waals surface area contributed by atoms with Crippen LogP contribution in [0.4, 0.5) is 0 Å². The van der Waals surface area contributed by atoms with Crippen LogP contribution in [0.5, 0.6) is 0 Å². The van der Waals surface area contributed by atoms with E-state index in [4.69, 9.17) is 0 Å². The molecule has 0 fully saturated rings. The number of carbonyl (C=O) groups is 1. The first kappa shape index (κ1) is 53.8. The number of hydrogen-bond acceptors (Lipinski definition) is 4. The van der Waals surface area contributed by atoms with Gasteiger partial charge in [-0.2, -0.15) is 0 Å². The van der Waals surface area contributed by atoms with Crippen molar-refractivity contribution in [2.24, 2.45) is 0 Å². The summed E-state index contributed by atoms with van der Waals surface area (Å²) >= 11 is 0. The van der Waals surface area contributed by atoms with Gasteiger partial charge in [0.1, 0.15) is 0 Å². The SMILES string of the molecule is CCCCCCCCCCCCCC/C=C\CCCCCCCCC(O)CC(=O)NC(CO)C(O)/C=C/CCCCCCCCCCCCCCCCCC. The van der Waals surface area contributed by atoms with Crippen molar-refractivity contribution in [3.05, 3.63) is 24.3 Å². The summed E-state index contributed by atoms with van der Waals surface area (Å²) in [6.45, 7) is 4.23. The average molecular weight is 776 g/mol. The normalized spacial score (nSPS) is 13.6. The zero-order chi connectivity index (χ0) is 40.1. The Bertz CT molecular complexity index is 814. The standard InChI is InChI=1S/C50H97NO4/c1-3-5-7-9-11-13-15-17-19-21-23-24-25-26-27-29-31-33-35-37-39-41-43-47(53)45-50(55)51-48(46-52)49(54)44-42-40-38-36-34-32-30-28-22-20-18-16-14-12-10-8-6-4-2/h26-27,42,44,47-49,52-54H,3-25,28-41,43,45-46H2,1-2H3,(H,51,55)/b27-26-,44-42+. The Balaban J connectivity index is 3.62. The van der Waals surface area contributed by atoms with E-state index in [1.54, 1.807) is 6.08 Å². The second-order valence-corrected chi connectivity index (χ2v) is 17.1. The number of amides is 1. The fraction of sp³-hybridized carbons (Fsp3) is 0.900. The molecule has 0 rings (SSSR count). The predicted octanol–water partition coefficient (Wildman–Crippen LogP) is 14.6. The third-order valence-electron chi connectivity index (χ3n) is 11.5. The van der Waals surface area contributed by atoms with Crippen LogP contribution >= 0.6 is 0 Å². The molecule has 0 heterocycles. The molecule has 5 heteroatoms. The van der Waals surface area contributed by atoms with Crippen LogP contribution < -0.4 is 5.32 Å². The Morgan fingerprint density at radius 2 is 0.764 bits per heavy atom. The minimum absolute atomic E-state index is 0.0116. The molecule has 0 aromatic heterocycles. The van der Waals surface area contributed by atoms with Gasteiger partial charge in [0.15, 0.2) is 0 Å². The van der Waals surface area contributed by atoms with Crippen molar-refractivity contribution in [2.45, 2.75) is 283 Å². The summed E-state index contributed by atoms with van der Waals surface area (Å²) in [6.07, 6.45) is 56.2. The van der Waals surface area contributed by atoms with E-state index in [0.717, 1.165) is 25.7 Å². The molecule has 0 radical (unpaired) electrons. The first-order valence-corrected chi connectivity index (χ1v) is 24.6. The van der Waals surface area contributed by atoms with E-state index in [2.05, 4.69) is 31.3 Å². The van der Waals surface area contributed by atoms with Crippen LogP contribution in [0.15, 0.2) is 24.3 Å². The Hall–Kier alpha value is -1.17. The van der Waals surface area contributed by atoms with Crippen molar-refractivity contribution in [1.82, 2.24) is 5.32 Å². The van der Waals surface area contributed by atoms with Gasteiger partial charge in [-0.3, -0.25) is 4.79 Å². The lowest BCUT2D eigenvalue weighted by atomic mass is 10.0. The van der Waals surface area contributed by atoms with Crippen molar-refractivity contribution in [2.75, 3.05) is 6.61 Å². The van der Waals surface area contributed by atoms with E-state index in [1.165, 1.54) is 212 Å². The Kier molecular flexibility index (Phi) is 44.6. The molecular formula is C50H97NO4. The summed E-state index contributed by atoms with van der Waals surface area (Å²) in [5, 5.41) is 33.3. The summed E-state index contributed by atoms with van der Waals surface area (Å²) in [4.78, 5) is 12.5. The van der Waals surface area contributed by atoms with Gasteiger partial charge in [0.05, 0.1) is 31.3 Å². The molecule has 55 heavy (non-hydrogen) atoms. The molecule has 0 aliphatic rings. The maximum atomic E-state index is 12.5. The van der Waals surface area contributed by atoms with Gasteiger partial charge in [0.2, 0.25) is 5.91 Å². The highest BCUT2D eigenvalue weighted by atomic mass is 16.3. The topological polar surface area (TPSA) is 89.8 Å². The quantitative estimate of drug-likeness (QED) is 0.0366. The van der Waals surface area contributed by atoms with Crippen molar-refractivity contribution >= 4 is 5.91 Å². The molecule has 0 spiro atoms. The number of hydrogen-bond donors (Lipinski definition) is 4. The van der Waals surface area contributed by atoms with Gasteiger partial charge in [-0.25, -0.2) is 0 Å². The second kappa shape index (κ2) is 45.5. The number of aliphatic hydroxyl groups is 3. The highest BCUT2D eigenvalue weighted by Gasteiger charge is 2.20. The zero-order valence-corrected chi connectivity index (χ0v) is 37.1. The summed E-state index contributed by atoms with van der Waals surface area (Å²) in [6, 6.07) is -0.744. The van der Waals surface area contributed by atoms with Crippen molar-refractivity contribution in [3.8, 4) is 0 Å². The van der Waals surface area contributed by atoms with Crippen LogP contribution in [0.2, 0.25) is 0 Å². The Morgan fingerprint density at radius 3 is 1.11 bits per heavy atom. The van der Waals surface area contributed by atoms with Gasteiger partial charge in [-0.1, -0.05) is 237 Å². The Morgan fingerprint density at radius 1 is 0.455 bits per heavy atom. The van der Waals surface area contributed by atoms with Crippen molar-refractivity contribution < 1.29 is 20.1 Å². The second-order valence-electron chi connectivity index (χ2n) is 17.1. The third-order valence-corrected chi connectivity index (χ3v) is 11.5. The molecule has 4 N–H and O–H groups in total. The summed E-state index contributed by atoms with van der Waals surface area (Å²) in [7, 11) is 0. The van der Waals surface area contributed by atoms with Gasteiger partial charge in [0.25, 0.3) is 0 Å². The molecule has 3 atom stereocenters. The number of allylic oxidation sites excluding steroid dienone is 3. The summed E-state index contributed by atoms with van der Waals surface area (Å²) in [5.41, 5.74) is 0. The molecule has 3 unspecified atom stereocenters. The molecule has 0 saturated heterocycles. The predicted molar refractivity (Wildman–Crippen MR) is 241 cm³/mol. The van der Waals surface area contributed by atoms with Crippen molar-refractivity contribution in [3.63, 3.8) is 0 Å². The first-order valence-electron chi connectivity index (χ1n) is 24.6. The molecular weight excluding hydrogens is 679 g/mol. The van der Waals surface area contributed by atoms with Gasteiger partial charge >= 0.3 is 0 Å². The van der Waals surface area contributed by atoms with Gasteiger partial charge < -0.3 is 20.6 Å². The molecule has 0 bridgehead atoms. The fourth-order valence-corrected chi connectivity index (χ4v) is 7.69. The highest BCUT2D eigenvalue weighted by Crippen LogP contribution is 2.16. The number of unbranched alkanes of at least 4 members (excludes halogenated alkanes) is 34. The molecule has 0 aliphatic carbocycles. The summed E-state index contributed by atoms with van der Waals surface area (Å²) < 4.78 is 0. The lowest BCUT2D eigenvalue weighted by Crippen LogP contribution is -2.45. The lowest BCUT2D eigenvalue weighted by molar-refractivity contribution is -0.124. The molecule has 0 aliphatic heterocycles. The van der Waals surface area contributed by atoms with E-state index < -0.39 is 18.2 Å². The van der Waals surface area contributed by atoms with Crippen LogP contribution in [-0.4, -0.2) is 46.1 Å². The number of aliphatic hydroxyl groups excluding tert-OH is 3. The van der Waals surface area contributed by atoms with E-state index >= 15 is 0 Å². The van der Waals surface area contributed by atoms with Crippen LogP contribution in [0.3, 0.4) is 0 Å². The first-order chi connectivity index (χ1) is 27.0. The Labute approximate surface area is 343 Å². The van der Waals surface area contributed by atoms with E-state index in [0.29, 0.717) is 6.42 Å². The van der Waals surface area contributed by atoms with Crippen LogP contribution in [0, 0.1) is 0 Å². The zero-order valence-electron chi connectivity index (χ0n) is 37.1. The number of nitrogens with one attached hydrogen (secondary N) is 1. The summed E-state index contributed by atoms with van der Waals surface area (Å²) in [5.74, 6) is -0.316. The molecule has 326 valence electrons. The molecule has 0 aromatic carbocycles. The van der Waals surface area contributed by atoms with Gasteiger partial charge in [0, 0.05) is 0 Å². The molecule has 5 nitrogen and oxygen atoms in total. The number of carbonyl (C=O) groups excluding carboxylic acids is 1. The maximum absolute atomic E-state index is 12.5. The van der Waals surface area contributed by atoms with Crippen LogP contribution in [0.25, 0.3) is 0 Å². The monoisotopic (exact) mass is 776 g/mol. The smallest absolute Gasteiger partial charge is 0.222 e. The minimum Gasteiger partial charge on any atom is -0.394 e. The highest BCUT2D eigenvalue weighted by molar-refractivity contribution is 5.76. The fourth-order valence-electron chi connectivity index (χ4n) is 7.69. The largest absolute Gasteiger partial charge is 0.394 e. The maximum Gasteiger partial charge on any atom is 0.222 e. The van der Waals surface area contributed by atoms with E-state index in [9.17, 15) is 20.1 Å². The van der Waals surface area contributed by atoms with E-state index in [-0.39, 0.29) is 18.9 Å². The lowest BCUT2D eigenvalue weighted by Gasteiger charge is -2.21. The molecule has 1 amide bonds. The van der Waals surface area contributed by atoms with Crippen molar-refractivity contribution in [1.29, 1.82) is 0 Å². The van der Waals surface area contributed by atoms with Crippen LogP contribution in [0.1, 0.15) is 264 Å². The number of rotatable bonds is 45. The van der Waals surface area contributed by atoms with Gasteiger partial charge in [-0.05, 0) is 44.9 Å². The van der Waals surface area contributed by atoms with Gasteiger partial charge in [-0.15, -0.1) is 0 Å². The minimum atomic E-state index is -0.929.